The average molecular weight is 222 g/mol. The zero-order valence-corrected chi connectivity index (χ0v) is 8.55. The number of hydrogen-bond donors (Lipinski definition) is 0. The molecule has 0 aliphatic heterocycles. The molecule has 1 aromatic heterocycles. The second kappa shape index (κ2) is 4.23. The minimum atomic E-state index is -0.223. The van der Waals surface area contributed by atoms with Crippen molar-refractivity contribution in [3.63, 3.8) is 0 Å². The highest BCUT2D eigenvalue weighted by Gasteiger charge is 2.09. The predicted octanol–water partition coefficient (Wildman–Crippen LogP) is 1.69. The van der Waals surface area contributed by atoms with Crippen LogP contribution in [0.3, 0.4) is 0 Å². The number of rotatable bonds is 3. The van der Waals surface area contributed by atoms with Gasteiger partial charge in [0, 0.05) is 0 Å². The molecule has 1 heterocycles. The number of Topliss-reactive ketones (excluding diaryl/α,β-unsaturated/α-hetero) is 1. The molecule has 15 heavy (non-hydrogen) atoms. The Kier molecular flexibility index (Phi) is 2.78. The maximum atomic E-state index is 11.2. The molecule has 0 N–H and O–H groups in total. The van der Waals surface area contributed by atoms with Crippen molar-refractivity contribution >= 4 is 17.4 Å². The minimum absolute atomic E-state index is 0.0759. The summed E-state index contributed by atoms with van der Waals surface area (Å²) in [7, 11) is 0. The van der Waals surface area contributed by atoms with E-state index in [1.165, 1.54) is 0 Å². The largest absolute Gasteiger partial charge is 0.291 e. The molecule has 2 rings (SSSR count). The van der Waals surface area contributed by atoms with E-state index < -0.39 is 0 Å². The third-order valence-corrected chi connectivity index (χ3v) is 2.16. The van der Waals surface area contributed by atoms with Gasteiger partial charge < -0.3 is 0 Å². The van der Waals surface area contributed by atoms with Crippen molar-refractivity contribution < 1.29 is 4.79 Å². The molecule has 0 aliphatic rings. The highest BCUT2D eigenvalue weighted by molar-refractivity contribution is 6.30. The first-order valence-corrected chi connectivity index (χ1v) is 4.91. The Morgan fingerprint density at radius 2 is 2.07 bits per heavy atom. The normalized spacial score (nSPS) is 10.2. The summed E-state index contributed by atoms with van der Waals surface area (Å²) in [5, 5.41) is 7.58. The molecular formula is C10H8ClN3O. The summed E-state index contributed by atoms with van der Waals surface area (Å²) in [5.41, 5.74) is 1.15. The van der Waals surface area contributed by atoms with E-state index in [9.17, 15) is 4.79 Å². The van der Waals surface area contributed by atoms with Gasteiger partial charge in [0.05, 0.1) is 17.8 Å². The van der Waals surface area contributed by atoms with Crippen LogP contribution in [0.5, 0.6) is 0 Å². The summed E-state index contributed by atoms with van der Waals surface area (Å²) in [6.07, 6.45) is 1.57. The molecule has 0 saturated carbocycles. The lowest BCUT2D eigenvalue weighted by Gasteiger charge is -1.96. The number of ketones is 1. The van der Waals surface area contributed by atoms with Gasteiger partial charge in [-0.25, -0.2) is 4.68 Å². The fourth-order valence-electron chi connectivity index (χ4n) is 1.17. The van der Waals surface area contributed by atoms with Crippen LogP contribution in [0.25, 0.3) is 5.69 Å². The summed E-state index contributed by atoms with van der Waals surface area (Å²) >= 11 is 5.42. The second-order valence-corrected chi connectivity index (χ2v) is 3.21. The zero-order chi connectivity index (χ0) is 10.7. The van der Waals surface area contributed by atoms with Gasteiger partial charge in [-0.1, -0.05) is 23.4 Å². The van der Waals surface area contributed by atoms with Crippen LogP contribution in [0.4, 0.5) is 0 Å². The SMILES string of the molecule is O=C(CCl)c1cn(-c2ccccc2)nn1. The maximum Gasteiger partial charge on any atom is 0.199 e. The van der Waals surface area contributed by atoms with E-state index in [-0.39, 0.29) is 17.4 Å². The number of benzene rings is 1. The van der Waals surface area contributed by atoms with Gasteiger partial charge in [-0.15, -0.1) is 16.7 Å². The van der Waals surface area contributed by atoms with Crippen LogP contribution in [0.2, 0.25) is 0 Å². The molecule has 2 aromatic rings. The van der Waals surface area contributed by atoms with Crippen LogP contribution in [0.1, 0.15) is 10.5 Å². The lowest BCUT2D eigenvalue weighted by molar-refractivity contribution is 0.101. The van der Waals surface area contributed by atoms with E-state index in [0.717, 1.165) is 5.69 Å². The lowest BCUT2D eigenvalue weighted by atomic mass is 10.3. The summed E-state index contributed by atoms with van der Waals surface area (Å²) in [4.78, 5) is 11.2. The van der Waals surface area contributed by atoms with Crippen molar-refractivity contribution in [1.29, 1.82) is 0 Å². The first-order valence-electron chi connectivity index (χ1n) is 4.38. The molecule has 4 nitrogen and oxygen atoms in total. The number of aromatic nitrogens is 3. The van der Waals surface area contributed by atoms with E-state index in [0.29, 0.717) is 0 Å². The van der Waals surface area contributed by atoms with Crippen LogP contribution in [-0.4, -0.2) is 26.7 Å². The summed E-state index contributed by atoms with van der Waals surface area (Å²) < 4.78 is 1.54. The first-order chi connectivity index (χ1) is 7.31. The molecule has 5 heteroatoms. The van der Waals surface area contributed by atoms with Crippen LogP contribution in [-0.2, 0) is 0 Å². The third-order valence-electron chi connectivity index (χ3n) is 1.92. The van der Waals surface area contributed by atoms with Gasteiger partial charge in [-0.05, 0) is 12.1 Å². The Morgan fingerprint density at radius 1 is 1.33 bits per heavy atom. The van der Waals surface area contributed by atoms with Crippen molar-refractivity contribution in [3.8, 4) is 5.69 Å². The molecule has 0 amide bonds. The first kappa shape index (κ1) is 9.86. The van der Waals surface area contributed by atoms with Gasteiger partial charge >= 0.3 is 0 Å². The van der Waals surface area contributed by atoms with Gasteiger partial charge in [0.15, 0.2) is 5.78 Å². The van der Waals surface area contributed by atoms with Crippen LogP contribution >= 0.6 is 11.6 Å². The van der Waals surface area contributed by atoms with Crippen molar-refractivity contribution in [2.45, 2.75) is 0 Å². The molecule has 1 aromatic carbocycles. The molecular weight excluding hydrogens is 214 g/mol. The Balaban J connectivity index is 2.32. The van der Waals surface area contributed by atoms with Crippen LogP contribution < -0.4 is 0 Å². The number of nitrogens with zero attached hydrogens (tertiary/aromatic N) is 3. The molecule has 0 radical (unpaired) electrons. The zero-order valence-electron chi connectivity index (χ0n) is 7.80. The van der Waals surface area contributed by atoms with E-state index in [4.69, 9.17) is 11.6 Å². The van der Waals surface area contributed by atoms with Gasteiger partial charge in [-0.3, -0.25) is 4.79 Å². The van der Waals surface area contributed by atoms with Gasteiger partial charge in [0.25, 0.3) is 0 Å². The highest BCUT2D eigenvalue weighted by Crippen LogP contribution is 2.06. The number of para-hydroxylation sites is 1. The van der Waals surface area contributed by atoms with Crippen molar-refractivity contribution in [1.82, 2.24) is 15.0 Å². The molecule has 0 unspecified atom stereocenters. The smallest absolute Gasteiger partial charge is 0.199 e. The predicted molar refractivity (Wildman–Crippen MR) is 56.4 cm³/mol. The van der Waals surface area contributed by atoms with Crippen molar-refractivity contribution in [2.24, 2.45) is 0 Å². The molecule has 0 spiro atoms. The summed E-state index contributed by atoms with van der Waals surface area (Å²) in [5.74, 6) is -0.299. The molecule has 0 atom stereocenters. The summed E-state index contributed by atoms with van der Waals surface area (Å²) in [6, 6.07) is 9.44. The van der Waals surface area contributed by atoms with Gasteiger partial charge in [-0.2, -0.15) is 0 Å². The van der Waals surface area contributed by atoms with Crippen LogP contribution in [0, 0.1) is 0 Å². The number of halogens is 1. The van der Waals surface area contributed by atoms with Crippen molar-refractivity contribution in [2.75, 3.05) is 5.88 Å². The highest BCUT2D eigenvalue weighted by atomic mass is 35.5. The number of hydrogen-bond acceptors (Lipinski definition) is 3. The van der Waals surface area contributed by atoms with Crippen molar-refractivity contribution in [3.05, 3.63) is 42.2 Å². The Morgan fingerprint density at radius 3 is 2.73 bits per heavy atom. The second-order valence-electron chi connectivity index (χ2n) is 2.94. The fourth-order valence-corrected chi connectivity index (χ4v) is 1.30. The maximum absolute atomic E-state index is 11.2. The number of alkyl halides is 1. The fraction of sp³-hybridized carbons (Fsp3) is 0.100. The molecule has 0 aliphatic carbocycles. The Labute approximate surface area is 91.5 Å². The molecule has 0 bridgehead atoms. The Bertz CT molecular complexity index is 467. The van der Waals surface area contributed by atoms with Gasteiger partial charge in [0.2, 0.25) is 0 Å². The van der Waals surface area contributed by atoms with E-state index >= 15 is 0 Å². The number of carbonyl (C=O) groups is 1. The minimum Gasteiger partial charge on any atom is -0.291 e. The van der Waals surface area contributed by atoms with Crippen LogP contribution in [0.15, 0.2) is 36.5 Å². The average Bonchev–Trinajstić information content (AvgIpc) is 2.78. The molecule has 0 saturated heterocycles. The van der Waals surface area contributed by atoms with E-state index in [1.54, 1.807) is 10.9 Å². The monoisotopic (exact) mass is 221 g/mol. The summed E-state index contributed by atoms with van der Waals surface area (Å²) in [6.45, 7) is 0. The third kappa shape index (κ3) is 2.05. The topological polar surface area (TPSA) is 47.8 Å². The quantitative estimate of drug-likeness (QED) is 0.585. The lowest BCUT2D eigenvalue weighted by Crippen LogP contribution is -2.00. The molecule has 76 valence electrons. The van der Waals surface area contributed by atoms with Gasteiger partial charge in [0.1, 0.15) is 5.69 Å². The Hall–Kier alpha value is -1.68. The van der Waals surface area contributed by atoms with E-state index in [1.807, 2.05) is 30.3 Å². The number of carbonyl (C=O) groups excluding carboxylic acids is 1. The molecule has 0 fully saturated rings. The standard InChI is InChI=1S/C10H8ClN3O/c11-6-10(15)9-7-14(13-12-9)8-4-2-1-3-5-8/h1-5,7H,6H2. The van der Waals surface area contributed by atoms with E-state index in [2.05, 4.69) is 10.3 Å².